The van der Waals surface area contributed by atoms with Crippen molar-refractivity contribution < 1.29 is 4.79 Å². The summed E-state index contributed by atoms with van der Waals surface area (Å²) in [6.45, 7) is 1.90. The first-order chi connectivity index (χ1) is 9.75. The standard InChI is InChI=1S/C15H22N4O/c1-18(15(20)12-3-2-4-12)13-5-9-19(10-6-13)14-11-16-7-8-17-14/h7-8,11-13H,2-6,9-10H2,1H3. The lowest BCUT2D eigenvalue weighted by molar-refractivity contribution is -0.139. The molecule has 5 heteroatoms. The lowest BCUT2D eigenvalue weighted by Crippen LogP contribution is -2.48. The Kier molecular flexibility index (Phi) is 3.85. The predicted molar refractivity (Wildman–Crippen MR) is 77.4 cm³/mol. The topological polar surface area (TPSA) is 49.3 Å². The summed E-state index contributed by atoms with van der Waals surface area (Å²) in [6, 6.07) is 0.385. The molecule has 1 aromatic heterocycles. The summed E-state index contributed by atoms with van der Waals surface area (Å²) in [5, 5.41) is 0. The molecule has 20 heavy (non-hydrogen) atoms. The first-order valence-electron chi connectivity index (χ1n) is 7.53. The molecule has 108 valence electrons. The third kappa shape index (κ3) is 2.62. The van der Waals surface area contributed by atoms with E-state index in [4.69, 9.17) is 0 Å². The van der Waals surface area contributed by atoms with Gasteiger partial charge in [-0.2, -0.15) is 0 Å². The normalized spacial score (nSPS) is 20.6. The number of hydrogen-bond donors (Lipinski definition) is 0. The molecule has 0 aromatic carbocycles. The molecule has 1 aromatic rings. The monoisotopic (exact) mass is 274 g/mol. The van der Waals surface area contributed by atoms with Crippen molar-refractivity contribution in [1.82, 2.24) is 14.9 Å². The molecule has 1 aliphatic carbocycles. The van der Waals surface area contributed by atoms with Gasteiger partial charge in [0.05, 0.1) is 6.20 Å². The number of carbonyl (C=O) groups excluding carboxylic acids is 1. The number of aromatic nitrogens is 2. The van der Waals surface area contributed by atoms with E-state index in [9.17, 15) is 4.79 Å². The molecule has 0 spiro atoms. The van der Waals surface area contributed by atoms with Crippen LogP contribution >= 0.6 is 0 Å². The number of carbonyl (C=O) groups is 1. The van der Waals surface area contributed by atoms with Crippen molar-refractivity contribution >= 4 is 11.7 Å². The van der Waals surface area contributed by atoms with Crippen LogP contribution in [0.3, 0.4) is 0 Å². The van der Waals surface area contributed by atoms with Gasteiger partial charge in [0.1, 0.15) is 5.82 Å². The summed E-state index contributed by atoms with van der Waals surface area (Å²) in [5.74, 6) is 1.60. The van der Waals surface area contributed by atoms with E-state index < -0.39 is 0 Å². The number of hydrogen-bond acceptors (Lipinski definition) is 4. The molecule has 0 unspecified atom stereocenters. The molecule has 1 amide bonds. The van der Waals surface area contributed by atoms with Gasteiger partial charge in [0.2, 0.25) is 5.91 Å². The van der Waals surface area contributed by atoms with Gasteiger partial charge >= 0.3 is 0 Å². The molecule has 1 saturated carbocycles. The Labute approximate surface area is 120 Å². The van der Waals surface area contributed by atoms with Gasteiger partial charge in [-0.3, -0.25) is 9.78 Å². The number of nitrogens with zero attached hydrogens (tertiary/aromatic N) is 4. The average Bonchev–Trinajstić information content (AvgIpc) is 2.46. The molecule has 5 nitrogen and oxygen atoms in total. The molecular weight excluding hydrogens is 252 g/mol. The summed E-state index contributed by atoms with van der Waals surface area (Å²) < 4.78 is 0. The Morgan fingerprint density at radius 1 is 1.25 bits per heavy atom. The summed E-state index contributed by atoms with van der Waals surface area (Å²) in [4.78, 5) is 25.0. The van der Waals surface area contributed by atoms with E-state index in [0.717, 1.165) is 44.6 Å². The molecule has 0 radical (unpaired) electrons. The van der Waals surface area contributed by atoms with Gasteiger partial charge in [-0.15, -0.1) is 0 Å². The smallest absolute Gasteiger partial charge is 0.225 e. The summed E-state index contributed by atoms with van der Waals surface area (Å²) in [7, 11) is 1.98. The number of anilines is 1. The quantitative estimate of drug-likeness (QED) is 0.842. The van der Waals surface area contributed by atoms with E-state index in [0.29, 0.717) is 17.9 Å². The molecule has 2 fully saturated rings. The fourth-order valence-electron chi connectivity index (χ4n) is 3.06. The van der Waals surface area contributed by atoms with Crippen LogP contribution in [0.15, 0.2) is 18.6 Å². The van der Waals surface area contributed by atoms with Crippen molar-refractivity contribution in [2.75, 3.05) is 25.0 Å². The van der Waals surface area contributed by atoms with Crippen LogP contribution in [0.25, 0.3) is 0 Å². The van der Waals surface area contributed by atoms with Crippen molar-refractivity contribution in [3.63, 3.8) is 0 Å². The van der Waals surface area contributed by atoms with Crippen molar-refractivity contribution in [3.8, 4) is 0 Å². The second kappa shape index (κ2) is 5.77. The molecule has 3 rings (SSSR count). The maximum absolute atomic E-state index is 12.3. The van der Waals surface area contributed by atoms with E-state index in [1.54, 1.807) is 12.4 Å². The van der Waals surface area contributed by atoms with Crippen LogP contribution in [0.4, 0.5) is 5.82 Å². The van der Waals surface area contributed by atoms with E-state index in [1.807, 2.05) is 18.1 Å². The van der Waals surface area contributed by atoms with Crippen LogP contribution in [-0.4, -0.2) is 47.0 Å². The zero-order chi connectivity index (χ0) is 13.9. The highest BCUT2D eigenvalue weighted by atomic mass is 16.2. The van der Waals surface area contributed by atoms with Gasteiger partial charge < -0.3 is 9.80 Å². The van der Waals surface area contributed by atoms with E-state index in [-0.39, 0.29) is 0 Å². The SMILES string of the molecule is CN(C(=O)C1CCC1)C1CCN(c2cnccn2)CC1. The molecule has 1 saturated heterocycles. The molecule has 2 aliphatic rings. The van der Waals surface area contributed by atoms with Crippen LogP contribution in [0.5, 0.6) is 0 Å². The summed E-state index contributed by atoms with van der Waals surface area (Å²) in [5.41, 5.74) is 0. The molecule has 2 heterocycles. The minimum atomic E-state index is 0.304. The van der Waals surface area contributed by atoms with E-state index >= 15 is 0 Å². The highest BCUT2D eigenvalue weighted by Crippen LogP contribution is 2.30. The van der Waals surface area contributed by atoms with Gasteiger partial charge in [0.25, 0.3) is 0 Å². The largest absolute Gasteiger partial charge is 0.355 e. The van der Waals surface area contributed by atoms with Gasteiger partial charge in [0, 0.05) is 44.5 Å². The second-order valence-electron chi connectivity index (χ2n) is 5.86. The number of piperidine rings is 1. The molecule has 0 bridgehead atoms. The highest BCUT2D eigenvalue weighted by Gasteiger charge is 2.32. The van der Waals surface area contributed by atoms with Crippen molar-refractivity contribution in [1.29, 1.82) is 0 Å². The Balaban J connectivity index is 1.54. The lowest BCUT2D eigenvalue weighted by Gasteiger charge is -2.39. The third-order valence-electron chi connectivity index (χ3n) is 4.69. The first kappa shape index (κ1) is 13.3. The number of amides is 1. The van der Waals surface area contributed by atoms with Crippen LogP contribution in [0.2, 0.25) is 0 Å². The minimum absolute atomic E-state index is 0.304. The van der Waals surface area contributed by atoms with Crippen LogP contribution in [-0.2, 0) is 4.79 Å². The zero-order valence-electron chi connectivity index (χ0n) is 12.0. The fourth-order valence-corrected chi connectivity index (χ4v) is 3.06. The van der Waals surface area contributed by atoms with Gasteiger partial charge in [-0.05, 0) is 25.7 Å². The minimum Gasteiger partial charge on any atom is -0.355 e. The maximum Gasteiger partial charge on any atom is 0.225 e. The van der Waals surface area contributed by atoms with E-state index in [1.165, 1.54) is 6.42 Å². The zero-order valence-corrected chi connectivity index (χ0v) is 12.0. The Hall–Kier alpha value is -1.65. The Morgan fingerprint density at radius 2 is 2.00 bits per heavy atom. The van der Waals surface area contributed by atoms with E-state index in [2.05, 4.69) is 14.9 Å². The summed E-state index contributed by atoms with van der Waals surface area (Å²) >= 11 is 0. The Bertz CT molecular complexity index is 452. The maximum atomic E-state index is 12.3. The lowest BCUT2D eigenvalue weighted by atomic mass is 9.84. The predicted octanol–water partition coefficient (Wildman–Crippen LogP) is 1.70. The third-order valence-corrected chi connectivity index (χ3v) is 4.69. The summed E-state index contributed by atoms with van der Waals surface area (Å²) in [6.07, 6.45) is 10.7. The van der Waals surface area contributed by atoms with Crippen LogP contribution in [0, 0.1) is 5.92 Å². The molecule has 0 atom stereocenters. The van der Waals surface area contributed by atoms with Crippen LogP contribution in [0.1, 0.15) is 32.1 Å². The Morgan fingerprint density at radius 3 is 2.55 bits per heavy atom. The second-order valence-corrected chi connectivity index (χ2v) is 5.86. The highest BCUT2D eigenvalue weighted by molar-refractivity contribution is 5.79. The fraction of sp³-hybridized carbons (Fsp3) is 0.667. The first-order valence-corrected chi connectivity index (χ1v) is 7.53. The van der Waals surface area contributed by atoms with Crippen molar-refractivity contribution in [2.24, 2.45) is 5.92 Å². The molecular formula is C15H22N4O. The number of rotatable bonds is 3. The molecule has 1 aliphatic heterocycles. The van der Waals surface area contributed by atoms with Crippen molar-refractivity contribution in [3.05, 3.63) is 18.6 Å². The average molecular weight is 274 g/mol. The van der Waals surface area contributed by atoms with Gasteiger partial charge in [0.15, 0.2) is 0 Å². The van der Waals surface area contributed by atoms with Crippen LogP contribution < -0.4 is 4.90 Å². The molecule has 0 N–H and O–H groups in total. The van der Waals surface area contributed by atoms with Gasteiger partial charge in [-0.1, -0.05) is 6.42 Å². The van der Waals surface area contributed by atoms with Crippen molar-refractivity contribution in [2.45, 2.75) is 38.1 Å². The van der Waals surface area contributed by atoms with Gasteiger partial charge in [-0.25, -0.2) is 4.98 Å².